The fourth-order valence-corrected chi connectivity index (χ4v) is 8.21. The third-order valence-corrected chi connectivity index (χ3v) is 10.9. The predicted octanol–water partition coefficient (Wildman–Crippen LogP) is 2.79. The van der Waals surface area contributed by atoms with Crippen molar-refractivity contribution >= 4 is 29.3 Å². The number of carbonyl (C=O) groups excluding carboxylic acids is 1. The first kappa shape index (κ1) is 28.7. The van der Waals surface area contributed by atoms with Crippen LogP contribution < -0.4 is 10.6 Å². The molecule has 0 aromatic heterocycles. The van der Waals surface area contributed by atoms with Gasteiger partial charge in [0.2, 0.25) is 5.91 Å². The van der Waals surface area contributed by atoms with Crippen molar-refractivity contribution in [1.82, 2.24) is 10.6 Å². The Morgan fingerprint density at radius 2 is 1.89 bits per heavy atom. The quantitative estimate of drug-likeness (QED) is 0.292. The van der Waals surface area contributed by atoms with Gasteiger partial charge in [-0.3, -0.25) is 4.79 Å². The van der Waals surface area contributed by atoms with E-state index in [2.05, 4.69) is 41.0 Å². The number of rotatable bonds is 9. The average molecular weight is 567 g/mol. The Labute approximate surface area is 235 Å². The van der Waals surface area contributed by atoms with E-state index in [1.165, 1.54) is 43.0 Å². The summed E-state index contributed by atoms with van der Waals surface area (Å²) in [7, 11) is 0. The number of nitrogens with one attached hydrogen (secondary N) is 2. The first-order valence-electron chi connectivity index (χ1n) is 14.2. The monoisotopic (exact) mass is 566 g/mol. The second-order valence-corrected chi connectivity index (χ2v) is 13.6. The number of hydrogen-bond donors (Lipinski definition) is 5. The van der Waals surface area contributed by atoms with Crippen molar-refractivity contribution in [2.45, 2.75) is 105 Å². The first-order chi connectivity index (χ1) is 18.2. The first-order valence-corrected chi connectivity index (χ1v) is 15.9. The van der Waals surface area contributed by atoms with Gasteiger partial charge in [-0.1, -0.05) is 36.8 Å². The number of amides is 1. The Bertz CT molecular complexity index is 954. The van der Waals surface area contributed by atoms with E-state index in [1.54, 1.807) is 13.2 Å². The lowest BCUT2D eigenvalue weighted by Gasteiger charge is -2.44. The van der Waals surface area contributed by atoms with Crippen molar-refractivity contribution in [3.8, 4) is 0 Å². The topological polar surface area (TPSA) is 111 Å². The third kappa shape index (κ3) is 5.65. The summed E-state index contributed by atoms with van der Waals surface area (Å²) < 4.78 is 5.89. The van der Waals surface area contributed by atoms with E-state index in [0.717, 1.165) is 37.6 Å². The van der Waals surface area contributed by atoms with Crippen LogP contribution in [0.25, 0.3) is 0 Å². The molecule has 1 aromatic carbocycles. The molecule has 2 aliphatic heterocycles. The van der Waals surface area contributed by atoms with Crippen molar-refractivity contribution in [2.75, 3.05) is 12.8 Å². The van der Waals surface area contributed by atoms with Crippen LogP contribution in [-0.4, -0.2) is 81.3 Å². The number of ether oxygens (including phenoxy) is 1. The molecule has 4 unspecified atom stereocenters. The minimum Gasteiger partial charge on any atom is -0.388 e. The molecular formula is C29H43ClN2O5S. The molecular weight excluding hydrogens is 524 g/mol. The van der Waals surface area contributed by atoms with E-state index >= 15 is 0 Å². The number of hydrogen-bond acceptors (Lipinski definition) is 7. The Kier molecular flexibility index (Phi) is 9.00. The molecule has 2 saturated carbocycles. The highest BCUT2D eigenvalue weighted by atomic mass is 35.5. The molecule has 4 fully saturated rings. The van der Waals surface area contributed by atoms with Gasteiger partial charge in [0.15, 0.2) is 0 Å². The van der Waals surface area contributed by atoms with Crippen molar-refractivity contribution < 1.29 is 24.9 Å². The lowest BCUT2D eigenvalue weighted by atomic mass is 9.68. The van der Waals surface area contributed by atoms with Crippen LogP contribution in [0.1, 0.15) is 57.4 Å². The highest BCUT2D eigenvalue weighted by molar-refractivity contribution is 7.99. The van der Waals surface area contributed by atoms with Gasteiger partial charge in [0.1, 0.15) is 29.9 Å². The van der Waals surface area contributed by atoms with Gasteiger partial charge >= 0.3 is 0 Å². The van der Waals surface area contributed by atoms with E-state index in [1.807, 2.05) is 0 Å². The van der Waals surface area contributed by atoms with Crippen LogP contribution in [0.4, 0.5) is 0 Å². The number of thioether (sulfide) groups is 1. The van der Waals surface area contributed by atoms with Gasteiger partial charge < -0.3 is 30.7 Å². The summed E-state index contributed by atoms with van der Waals surface area (Å²) in [6, 6.07) is 9.96. The molecule has 38 heavy (non-hydrogen) atoms. The van der Waals surface area contributed by atoms with Gasteiger partial charge in [-0.25, -0.2) is 0 Å². The van der Waals surface area contributed by atoms with E-state index in [0.29, 0.717) is 11.3 Å². The molecule has 0 radical (unpaired) electrons. The Morgan fingerprint density at radius 1 is 1.13 bits per heavy atom. The summed E-state index contributed by atoms with van der Waals surface area (Å²) in [5, 5.41) is 37.0. The standard InChI is InChI=1S/C29H43ClN2O5S/c1-16(30)22(26-24(34)23(33)25(35)28(37-26)38-2)32-27(36)21-11-9-17(12-13-31-21)8-10-18-14-29(15-20(18)29)19-6-4-3-5-7-19/h3-7,16-18,20-26,28,31,33-35H,8-15H2,1-2H3,(H,32,36)/t16-,17-,18-,20?,21-,22+,23?,24?,25+,26+,28?,29+/m0/s1. The maximum absolute atomic E-state index is 13.3. The molecule has 4 aliphatic rings. The van der Waals surface area contributed by atoms with E-state index < -0.39 is 41.3 Å². The number of halogens is 1. The fraction of sp³-hybridized carbons (Fsp3) is 0.759. The Balaban J connectivity index is 1.10. The number of aliphatic hydroxyl groups is 3. The molecule has 12 atom stereocenters. The van der Waals surface area contributed by atoms with Crippen LogP contribution in [0.2, 0.25) is 0 Å². The molecule has 2 aliphatic carbocycles. The summed E-state index contributed by atoms with van der Waals surface area (Å²) >= 11 is 7.68. The molecule has 7 nitrogen and oxygen atoms in total. The lowest BCUT2D eigenvalue weighted by molar-refractivity contribution is -0.205. The number of benzene rings is 1. The normalized spacial score (nSPS) is 42.2. The maximum Gasteiger partial charge on any atom is 0.237 e. The number of carbonyl (C=O) groups is 1. The largest absolute Gasteiger partial charge is 0.388 e. The lowest BCUT2D eigenvalue weighted by Crippen LogP contribution is -2.65. The molecule has 2 heterocycles. The van der Waals surface area contributed by atoms with Crippen LogP contribution in [-0.2, 0) is 14.9 Å². The number of fused-ring (bicyclic) bond motifs is 1. The van der Waals surface area contributed by atoms with Crippen LogP contribution in [0.15, 0.2) is 30.3 Å². The average Bonchev–Trinajstić information content (AvgIpc) is 3.59. The smallest absolute Gasteiger partial charge is 0.237 e. The summed E-state index contributed by atoms with van der Waals surface area (Å²) in [6.07, 6.45) is 4.92. The molecule has 0 bridgehead atoms. The summed E-state index contributed by atoms with van der Waals surface area (Å²) in [5.74, 6) is 2.17. The van der Waals surface area contributed by atoms with Crippen molar-refractivity contribution in [1.29, 1.82) is 0 Å². The SMILES string of the molecule is CSC1O[C@H]([C@H](NC(=O)[C@@H]2CC[C@H](CC[C@H]3C[C@]4(c5ccccc5)CC34)CCN2)[C@H](C)Cl)C(O)C(O)[C@H]1O. The molecule has 0 spiro atoms. The van der Waals surface area contributed by atoms with Gasteiger partial charge in [-0.15, -0.1) is 23.4 Å². The summed E-state index contributed by atoms with van der Waals surface area (Å²) in [6.45, 7) is 2.53. The van der Waals surface area contributed by atoms with Crippen molar-refractivity contribution in [2.24, 2.45) is 17.8 Å². The predicted molar refractivity (Wildman–Crippen MR) is 150 cm³/mol. The van der Waals surface area contributed by atoms with E-state index in [9.17, 15) is 20.1 Å². The third-order valence-electron chi connectivity index (χ3n) is 9.74. The maximum atomic E-state index is 13.3. The zero-order valence-electron chi connectivity index (χ0n) is 22.3. The minimum atomic E-state index is -1.37. The van der Waals surface area contributed by atoms with E-state index in [-0.39, 0.29) is 11.9 Å². The van der Waals surface area contributed by atoms with Crippen LogP contribution in [0, 0.1) is 17.8 Å². The van der Waals surface area contributed by atoms with Gasteiger partial charge in [-0.05, 0) is 87.0 Å². The number of alkyl halides is 1. The second-order valence-electron chi connectivity index (χ2n) is 12.0. The molecule has 1 amide bonds. The van der Waals surface area contributed by atoms with Crippen LogP contribution >= 0.6 is 23.4 Å². The minimum absolute atomic E-state index is 0.162. The zero-order chi connectivity index (χ0) is 27.0. The zero-order valence-corrected chi connectivity index (χ0v) is 23.9. The van der Waals surface area contributed by atoms with Crippen molar-refractivity contribution in [3.63, 3.8) is 0 Å². The highest BCUT2D eigenvalue weighted by Crippen LogP contribution is 2.72. The number of aliphatic hydroxyl groups excluding tert-OH is 3. The summed E-state index contributed by atoms with van der Waals surface area (Å²) in [4.78, 5) is 13.3. The molecule has 5 rings (SSSR count). The molecule has 5 N–H and O–H groups in total. The summed E-state index contributed by atoms with van der Waals surface area (Å²) in [5.41, 5.74) is 1.30. The molecule has 9 heteroatoms. The molecule has 2 saturated heterocycles. The highest BCUT2D eigenvalue weighted by Gasteiger charge is 2.66. The van der Waals surface area contributed by atoms with Gasteiger partial charge in [-0.2, -0.15) is 0 Å². The van der Waals surface area contributed by atoms with E-state index in [4.69, 9.17) is 16.3 Å². The van der Waals surface area contributed by atoms with Gasteiger partial charge in [0.05, 0.1) is 17.5 Å². The molecule has 1 aromatic rings. The van der Waals surface area contributed by atoms with Crippen LogP contribution in [0.5, 0.6) is 0 Å². The Morgan fingerprint density at radius 3 is 2.58 bits per heavy atom. The van der Waals surface area contributed by atoms with Gasteiger partial charge in [0, 0.05) is 0 Å². The molecule has 212 valence electrons. The fourth-order valence-electron chi connectivity index (χ4n) is 7.32. The van der Waals surface area contributed by atoms with Crippen LogP contribution in [0.3, 0.4) is 0 Å². The Hall–Kier alpha value is -0.870. The van der Waals surface area contributed by atoms with Gasteiger partial charge in [0.25, 0.3) is 0 Å². The second kappa shape index (κ2) is 11.9. The van der Waals surface area contributed by atoms with Crippen molar-refractivity contribution in [3.05, 3.63) is 35.9 Å².